The zero-order chi connectivity index (χ0) is 15.7. The standard InChI is InChI=1S/C15H22ClN5O/c1-10-13(15(16)20(2)18-10)7-21-8-14(17-19-21)12-5-3-11(9-22)4-6-12/h8,11-12,22H,3-7,9H2,1-2H3. The summed E-state index contributed by atoms with van der Waals surface area (Å²) in [6.45, 7) is 2.85. The molecule has 2 heterocycles. The quantitative estimate of drug-likeness (QED) is 0.937. The van der Waals surface area contributed by atoms with E-state index in [0.29, 0.717) is 30.1 Å². The molecule has 0 aliphatic heterocycles. The van der Waals surface area contributed by atoms with Gasteiger partial charge in [0.25, 0.3) is 0 Å². The summed E-state index contributed by atoms with van der Waals surface area (Å²) < 4.78 is 3.52. The molecular weight excluding hydrogens is 302 g/mol. The molecule has 1 aliphatic rings. The molecule has 1 aliphatic carbocycles. The topological polar surface area (TPSA) is 68.8 Å². The summed E-state index contributed by atoms with van der Waals surface area (Å²) in [5, 5.41) is 22.8. The Hall–Kier alpha value is -1.40. The monoisotopic (exact) mass is 323 g/mol. The van der Waals surface area contributed by atoms with E-state index < -0.39 is 0 Å². The minimum atomic E-state index is 0.304. The summed E-state index contributed by atoms with van der Waals surface area (Å²) in [6.07, 6.45) is 6.32. The Labute approximate surface area is 135 Å². The fraction of sp³-hybridized carbons (Fsp3) is 0.667. The third-order valence-corrected chi connectivity index (χ3v) is 5.14. The number of aromatic nitrogens is 5. The van der Waals surface area contributed by atoms with E-state index in [-0.39, 0.29) is 0 Å². The van der Waals surface area contributed by atoms with Gasteiger partial charge in [-0.3, -0.25) is 4.68 Å². The Balaban J connectivity index is 1.69. The second-order valence-corrected chi connectivity index (χ2v) is 6.58. The van der Waals surface area contributed by atoms with Gasteiger partial charge in [-0.05, 0) is 38.5 Å². The number of aryl methyl sites for hydroxylation is 2. The van der Waals surface area contributed by atoms with Gasteiger partial charge in [0.2, 0.25) is 0 Å². The average Bonchev–Trinajstić information content (AvgIpc) is 3.08. The maximum Gasteiger partial charge on any atom is 0.132 e. The van der Waals surface area contributed by atoms with Crippen LogP contribution in [-0.2, 0) is 13.6 Å². The van der Waals surface area contributed by atoms with Crippen LogP contribution in [0.1, 0.15) is 48.6 Å². The third kappa shape index (κ3) is 3.03. The van der Waals surface area contributed by atoms with Crippen LogP contribution in [0.2, 0.25) is 5.15 Å². The van der Waals surface area contributed by atoms with Gasteiger partial charge in [0.15, 0.2) is 0 Å². The molecule has 0 atom stereocenters. The molecule has 7 heteroatoms. The zero-order valence-electron chi connectivity index (χ0n) is 13.0. The number of aliphatic hydroxyl groups excluding tert-OH is 1. The predicted molar refractivity (Wildman–Crippen MR) is 83.9 cm³/mol. The molecule has 0 bridgehead atoms. The maximum atomic E-state index is 9.22. The van der Waals surface area contributed by atoms with Gasteiger partial charge in [-0.25, -0.2) is 4.68 Å². The summed E-state index contributed by atoms with van der Waals surface area (Å²) in [4.78, 5) is 0. The zero-order valence-corrected chi connectivity index (χ0v) is 13.8. The molecule has 1 N–H and O–H groups in total. The van der Waals surface area contributed by atoms with Crippen LogP contribution in [0, 0.1) is 12.8 Å². The lowest BCUT2D eigenvalue weighted by molar-refractivity contribution is 0.181. The molecule has 6 nitrogen and oxygen atoms in total. The van der Waals surface area contributed by atoms with E-state index in [2.05, 4.69) is 15.4 Å². The Kier molecular flexibility index (Phi) is 4.49. The minimum absolute atomic E-state index is 0.304. The van der Waals surface area contributed by atoms with Crippen LogP contribution in [0.15, 0.2) is 6.20 Å². The number of hydrogen-bond acceptors (Lipinski definition) is 4. The first-order chi connectivity index (χ1) is 10.6. The molecule has 0 spiro atoms. The molecule has 120 valence electrons. The summed E-state index contributed by atoms with van der Waals surface area (Å²) in [6, 6.07) is 0. The highest BCUT2D eigenvalue weighted by Gasteiger charge is 2.24. The van der Waals surface area contributed by atoms with Gasteiger partial charge in [-0.15, -0.1) is 5.10 Å². The highest BCUT2D eigenvalue weighted by Crippen LogP contribution is 2.34. The van der Waals surface area contributed by atoms with Gasteiger partial charge in [-0.1, -0.05) is 16.8 Å². The first-order valence-electron chi connectivity index (χ1n) is 7.77. The van der Waals surface area contributed by atoms with Crippen molar-refractivity contribution in [3.63, 3.8) is 0 Å². The van der Waals surface area contributed by atoms with E-state index >= 15 is 0 Å². The fourth-order valence-corrected chi connectivity index (χ4v) is 3.47. The lowest BCUT2D eigenvalue weighted by Gasteiger charge is -2.25. The van der Waals surface area contributed by atoms with Crippen LogP contribution in [0.25, 0.3) is 0 Å². The van der Waals surface area contributed by atoms with E-state index in [9.17, 15) is 5.11 Å². The van der Waals surface area contributed by atoms with Crippen molar-refractivity contribution >= 4 is 11.6 Å². The molecule has 2 aromatic rings. The molecule has 0 radical (unpaired) electrons. The second kappa shape index (κ2) is 6.38. The molecule has 0 unspecified atom stereocenters. The molecule has 1 fully saturated rings. The largest absolute Gasteiger partial charge is 0.396 e. The van der Waals surface area contributed by atoms with E-state index in [0.717, 1.165) is 42.6 Å². The van der Waals surface area contributed by atoms with Crippen molar-refractivity contribution < 1.29 is 5.11 Å². The van der Waals surface area contributed by atoms with Crippen molar-refractivity contribution in [3.05, 3.63) is 28.3 Å². The van der Waals surface area contributed by atoms with Crippen LogP contribution < -0.4 is 0 Å². The Morgan fingerprint density at radius 3 is 2.64 bits per heavy atom. The summed E-state index contributed by atoms with van der Waals surface area (Å²) in [5.41, 5.74) is 2.96. The Bertz CT molecular complexity index is 642. The number of aliphatic hydroxyl groups is 1. The molecule has 22 heavy (non-hydrogen) atoms. The van der Waals surface area contributed by atoms with Gasteiger partial charge in [0.1, 0.15) is 5.15 Å². The van der Waals surface area contributed by atoms with Gasteiger partial charge >= 0.3 is 0 Å². The van der Waals surface area contributed by atoms with Crippen LogP contribution in [0.4, 0.5) is 0 Å². The number of halogens is 1. The summed E-state index contributed by atoms with van der Waals surface area (Å²) in [5.74, 6) is 0.921. The molecule has 3 rings (SSSR count). The van der Waals surface area contributed by atoms with Gasteiger partial charge in [-0.2, -0.15) is 5.10 Å². The fourth-order valence-electron chi connectivity index (χ4n) is 3.23. The van der Waals surface area contributed by atoms with Crippen LogP contribution in [0.5, 0.6) is 0 Å². The number of rotatable bonds is 4. The van der Waals surface area contributed by atoms with Crippen LogP contribution >= 0.6 is 11.6 Å². The molecular formula is C15H22ClN5O. The second-order valence-electron chi connectivity index (χ2n) is 6.22. The third-order valence-electron chi connectivity index (χ3n) is 4.67. The van der Waals surface area contributed by atoms with E-state index in [1.54, 1.807) is 4.68 Å². The van der Waals surface area contributed by atoms with Crippen molar-refractivity contribution in [3.8, 4) is 0 Å². The minimum Gasteiger partial charge on any atom is -0.396 e. The lowest BCUT2D eigenvalue weighted by Crippen LogP contribution is -2.16. The summed E-state index contributed by atoms with van der Waals surface area (Å²) in [7, 11) is 1.84. The first-order valence-corrected chi connectivity index (χ1v) is 8.15. The van der Waals surface area contributed by atoms with Crippen LogP contribution in [0.3, 0.4) is 0 Å². The molecule has 0 amide bonds. The van der Waals surface area contributed by atoms with E-state index in [1.165, 1.54) is 0 Å². The molecule has 1 saturated carbocycles. The smallest absolute Gasteiger partial charge is 0.132 e. The predicted octanol–water partition coefficient (Wildman–Crippen LogP) is 2.29. The average molecular weight is 324 g/mol. The first kappa shape index (κ1) is 15.5. The van der Waals surface area contributed by atoms with Crippen molar-refractivity contribution in [1.82, 2.24) is 24.8 Å². The maximum absolute atomic E-state index is 9.22. The number of hydrogen-bond donors (Lipinski definition) is 1. The normalized spacial score (nSPS) is 22.2. The number of nitrogens with zero attached hydrogens (tertiary/aromatic N) is 5. The lowest BCUT2D eigenvalue weighted by atomic mass is 9.81. The van der Waals surface area contributed by atoms with Crippen molar-refractivity contribution in [1.29, 1.82) is 0 Å². The highest BCUT2D eigenvalue weighted by molar-refractivity contribution is 6.30. The van der Waals surface area contributed by atoms with Crippen molar-refractivity contribution in [2.45, 2.75) is 45.1 Å². The molecule has 0 saturated heterocycles. The molecule has 2 aromatic heterocycles. The van der Waals surface area contributed by atoms with Crippen molar-refractivity contribution in [2.75, 3.05) is 6.61 Å². The van der Waals surface area contributed by atoms with Gasteiger partial charge in [0, 0.05) is 31.3 Å². The van der Waals surface area contributed by atoms with E-state index in [1.807, 2.05) is 24.9 Å². The molecule has 0 aromatic carbocycles. The van der Waals surface area contributed by atoms with Gasteiger partial charge < -0.3 is 5.11 Å². The Morgan fingerprint density at radius 2 is 2.05 bits per heavy atom. The van der Waals surface area contributed by atoms with Crippen molar-refractivity contribution in [2.24, 2.45) is 13.0 Å². The van der Waals surface area contributed by atoms with Gasteiger partial charge in [0.05, 0.1) is 17.9 Å². The summed E-state index contributed by atoms with van der Waals surface area (Å²) >= 11 is 6.27. The van der Waals surface area contributed by atoms with E-state index in [4.69, 9.17) is 11.6 Å². The van der Waals surface area contributed by atoms with Crippen LogP contribution in [-0.4, -0.2) is 36.5 Å². The highest BCUT2D eigenvalue weighted by atomic mass is 35.5. The SMILES string of the molecule is Cc1nn(C)c(Cl)c1Cn1cc(C2CCC(CO)CC2)nn1. The Morgan fingerprint density at radius 1 is 1.32 bits per heavy atom.